The molecule has 0 saturated heterocycles. The monoisotopic (exact) mass is 363 g/mol. The van der Waals surface area contributed by atoms with Gasteiger partial charge in [-0.3, -0.25) is 10.2 Å². The van der Waals surface area contributed by atoms with Gasteiger partial charge in [-0.25, -0.2) is 4.98 Å². The second-order valence-electron chi connectivity index (χ2n) is 4.43. The van der Waals surface area contributed by atoms with Gasteiger partial charge < -0.3 is 4.74 Å². The molecule has 1 aromatic rings. The van der Waals surface area contributed by atoms with Crippen LogP contribution in [0.1, 0.15) is 0 Å². The Labute approximate surface area is 155 Å². The Hall–Kier alpha value is -1.39. The van der Waals surface area contributed by atoms with Gasteiger partial charge in [0.25, 0.3) is 0 Å². The summed E-state index contributed by atoms with van der Waals surface area (Å²) in [6.07, 6.45) is 18.5. The molecule has 1 aromatic heterocycles. The Morgan fingerprint density at radius 1 is 1.12 bits per heavy atom. The van der Waals surface area contributed by atoms with E-state index in [0.29, 0.717) is 17.7 Å². The van der Waals surface area contributed by atoms with Gasteiger partial charge in [0.1, 0.15) is 11.7 Å². The molecule has 10 radical (unpaired) electrons. The average molecular weight is 363 g/mol. The van der Waals surface area contributed by atoms with Gasteiger partial charge >= 0.3 is 23.0 Å². The fourth-order valence-corrected chi connectivity index (χ4v) is 1.76. The molecule has 0 spiro atoms. The van der Waals surface area contributed by atoms with Crippen molar-refractivity contribution in [3.8, 4) is 0 Å². The number of nitrogens with one attached hydrogen (secondary N) is 1. The van der Waals surface area contributed by atoms with Gasteiger partial charge in [-0.2, -0.15) is 5.10 Å². The molecular formula is C18H17FeN3O2+2. The SMILES string of the molecule is COC(=O)[C]1[CH][CH][CH][C]1/C=N/Nc1ccccn1.[CH]1[CH][CH][CH][CH]1.[Fe+2]. The number of nitrogens with zero attached hydrogens (tertiary/aromatic N) is 2. The zero-order chi connectivity index (χ0) is 16.3. The predicted octanol–water partition coefficient (Wildman–Crippen LogP) is 2.45. The first-order chi connectivity index (χ1) is 11.3. The number of hydrogen-bond acceptors (Lipinski definition) is 5. The molecule has 2 fully saturated rings. The van der Waals surface area contributed by atoms with Crippen LogP contribution in [0.15, 0.2) is 29.5 Å². The summed E-state index contributed by atoms with van der Waals surface area (Å²) in [4.78, 5) is 15.5. The van der Waals surface area contributed by atoms with E-state index >= 15 is 0 Å². The second kappa shape index (κ2) is 12.0. The van der Waals surface area contributed by atoms with Crippen molar-refractivity contribution in [1.82, 2.24) is 4.98 Å². The number of carbonyl (C=O) groups is 1. The Balaban J connectivity index is 0.000000412. The van der Waals surface area contributed by atoms with Crippen LogP contribution in [0.2, 0.25) is 0 Å². The fourth-order valence-electron chi connectivity index (χ4n) is 1.76. The standard InChI is InChI=1S/C13H12N3O2.C5H5.Fe/c1-18-13(17)11-6-4-5-10(11)9-15-16-12-7-2-3-8-14-12;1-2-4-5-3-1;/h2-9H,1H3,(H,14,16);1-5H;/q;;+2/b15-9+;;. The van der Waals surface area contributed by atoms with Crippen molar-refractivity contribution in [3.05, 3.63) is 87.6 Å². The van der Waals surface area contributed by atoms with Crippen LogP contribution in [0.4, 0.5) is 5.82 Å². The number of hydrazone groups is 1. The molecule has 6 heteroatoms. The Morgan fingerprint density at radius 3 is 2.42 bits per heavy atom. The minimum Gasteiger partial charge on any atom is -0.469 e. The van der Waals surface area contributed by atoms with Crippen LogP contribution in [0.25, 0.3) is 0 Å². The summed E-state index contributed by atoms with van der Waals surface area (Å²) in [6.45, 7) is 0. The van der Waals surface area contributed by atoms with Crippen molar-refractivity contribution in [3.63, 3.8) is 0 Å². The summed E-state index contributed by atoms with van der Waals surface area (Å²) in [5, 5.41) is 4.02. The van der Waals surface area contributed by atoms with Crippen molar-refractivity contribution in [1.29, 1.82) is 0 Å². The molecule has 1 N–H and O–H groups in total. The third kappa shape index (κ3) is 7.02. The number of ether oxygens (including phenoxy) is 1. The van der Waals surface area contributed by atoms with E-state index in [4.69, 9.17) is 0 Å². The Kier molecular flexibility index (Phi) is 10.4. The summed E-state index contributed by atoms with van der Waals surface area (Å²) in [7, 11) is 1.35. The van der Waals surface area contributed by atoms with Crippen LogP contribution in [-0.4, -0.2) is 24.3 Å². The molecule has 2 aliphatic carbocycles. The zero-order valence-electron chi connectivity index (χ0n) is 13.1. The summed E-state index contributed by atoms with van der Waals surface area (Å²) < 4.78 is 4.67. The first kappa shape index (κ1) is 20.7. The fraction of sp³-hybridized carbons (Fsp3) is 0.0556. The van der Waals surface area contributed by atoms with Crippen LogP contribution in [-0.2, 0) is 26.6 Å². The number of esters is 1. The Bertz CT molecular complexity index is 485. The smallest absolute Gasteiger partial charge is 0.469 e. The summed E-state index contributed by atoms with van der Waals surface area (Å²) >= 11 is 0. The molecule has 24 heavy (non-hydrogen) atoms. The van der Waals surface area contributed by atoms with E-state index in [-0.39, 0.29) is 23.0 Å². The molecule has 3 rings (SSSR count). The molecule has 0 aliphatic heterocycles. The normalized spacial score (nSPS) is 17.9. The van der Waals surface area contributed by atoms with Gasteiger partial charge in [0.2, 0.25) is 0 Å². The first-order valence-corrected chi connectivity index (χ1v) is 7.02. The van der Waals surface area contributed by atoms with Crippen molar-refractivity contribution in [2.75, 3.05) is 12.5 Å². The summed E-state index contributed by atoms with van der Waals surface area (Å²) in [6, 6.07) is 5.47. The average Bonchev–Trinajstić information content (AvgIpc) is 3.30. The third-order valence-corrected chi connectivity index (χ3v) is 2.86. The van der Waals surface area contributed by atoms with Crippen LogP contribution < -0.4 is 5.43 Å². The van der Waals surface area contributed by atoms with Crippen LogP contribution in [0.3, 0.4) is 0 Å². The maximum Gasteiger partial charge on any atom is 2.00 e. The molecule has 1 heterocycles. The van der Waals surface area contributed by atoms with E-state index < -0.39 is 0 Å². The second-order valence-corrected chi connectivity index (χ2v) is 4.43. The molecule has 2 aliphatic rings. The molecular weight excluding hydrogens is 346 g/mol. The van der Waals surface area contributed by atoms with E-state index in [9.17, 15) is 4.79 Å². The van der Waals surface area contributed by atoms with Crippen LogP contribution in [0, 0.1) is 63.2 Å². The Morgan fingerprint density at radius 2 is 1.83 bits per heavy atom. The quantitative estimate of drug-likeness (QED) is 0.386. The summed E-state index contributed by atoms with van der Waals surface area (Å²) in [5.74, 6) is 1.45. The van der Waals surface area contributed by atoms with Crippen LogP contribution in [0.5, 0.6) is 0 Å². The van der Waals surface area contributed by atoms with E-state index in [1.54, 1.807) is 37.7 Å². The minimum absolute atomic E-state index is 0. The minimum atomic E-state index is -0.376. The van der Waals surface area contributed by atoms with Gasteiger partial charge in [0.05, 0.1) is 7.11 Å². The molecule has 5 nitrogen and oxygen atoms in total. The van der Waals surface area contributed by atoms with Crippen molar-refractivity contribution < 1.29 is 26.6 Å². The molecule has 0 unspecified atom stereocenters. The number of aromatic nitrogens is 1. The predicted molar refractivity (Wildman–Crippen MR) is 89.3 cm³/mol. The van der Waals surface area contributed by atoms with Crippen LogP contribution >= 0.6 is 0 Å². The molecule has 0 bridgehead atoms. The molecule has 0 amide bonds. The maximum absolute atomic E-state index is 11.4. The number of rotatable bonds is 4. The number of hydrogen-bond donors (Lipinski definition) is 1. The number of pyridine rings is 1. The summed E-state index contributed by atoms with van der Waals surface area (Å²) in [5.41, 5.74) is 2.77. The van der Waals surface area contributed by atoms with E-state index in [0.717, 1.165) is 0 Å². The maximum atomic E-state index is 11.4. The van der Waals surface area contributed by atoms with Crippen molar-refractivity contribution >= 4 is 18.0 Å². The largest absolute Gasteiger partial charge is 2.00 e. The number of methoxy groups -OCH3 is 1. The van der Waals surface area contributed by atoms with Gasteiger partial charge in [0.15, 0.2) is 0 Å². The van der Waals surface area contributed by atoms with Gasteiger partial charge in [-0.1, -0.05) is 6.07 Å². The van der Waals surface area contributed by atoms with Gasteiger partial charge in [-0.15, -0.1) is 0 Å². The molecule has 122 valence electrons. The van der Waals surface area contributed by atoms with Crippen molar-refractivity contribution in [2.45, 2.75) is 0 Å². The number of anilines is 1. The van der Waals surface area contributed by atoms with E-state index in [1.165, 1.54) is 7.11 Å². The van der Waals surface area contributed by atoms with Gasteiger partial charge in [0, 0.05) is 18.3 Å². The van der Waals surface area contributed by atoms with Gasteiger partial charge in [-0.05, 0) is 63.5 Å². The molecule has 0 aromatic carbocycles. The first-order valence-electron chi connectivity index (χ1n) is 7.02. The van der Waals surface area contributed by atoms with Crippen molar-refractivity contribution in [2.24, 2.45) is 5.10 Å². The third-order valence-electron chi connectivity index (χ3n) is 2.86. The van der Waals surface area contributed by atoms with E-state index in [1.807, 2.05) is 44.2 Å². The number of carbonyl (C=O) groups excluding carboxylic acids is 1. The topological polar surface area (TPSA) is 63.6 Å². The molecule has 0 atom stereocenters. The zero-order valence-corrected chi connectivity index (χ0v) is 14.2. The van der Waals surface area contributed by atoms with E-state index in [2.05, 4.69) is 20.2 Å². The molecule has 2 saturated carbocycles.